The number of amides is 1. The molecule has 9 heteroatoms. The number of carbonyl (C=O) groups is 1. The van der Waals surface area contributed by atoms with Crippen molar-refractivity contribution in [3.05, 3.63) is 47.4 Å². The summed E-state index contributed by atoms with van der Waals surface area (Å²) in [5, 5.41) is 4.44. The van der Waals surface area contributed by atoms with Crippen molar-refractivity contribution >= 4 is 23.6 Å². The van der Waals surface area contributed by atoms with Gasteiger partial charge in [-0.2, -0.15) is 18.3 Å². The van der Waals surface area contributed by atoms with Crippen molar-refractivity contribution in [2.24, 2.45) is 4.99 Å². The topological polar surface area (TPSA) is 63.4 Å². The van der Waals surface area contributed by atoms with Crippen LogP contribution in [0.25, 0.3) is 5.70 Å². The van der Waals surface area contributed by atoms with Gasteiger partial charge in [-0.25, -0.2) is 9.67 Å². The number of fused-ring (bicyclic) bond motifs is 1. The fraction of sp³-hybridized carbons (Fsp3) is 0.294. The molecule has 2 aromatic rings. The second kappa shape index (κ2) is 6.08. The van der Waals surface area contributed by atoms with E-state index in [9.17, 15) is 18.0 Å². The number of allylic oxidation sites excluding steroid dienone is 1. The Morgan fingerprint density at radius 1 is 1.19 bits per heavy atom. The average Bonchev–Trinajstić information content (AvgIpc) is 3.08. The highest BCUT2D eigenvalue weighted by Crippen LogP contribution is 2.30. The number of hydrogen-bond acceptors (Lipinski definition) is 4. The molecule has 0 bridgehead atoms. The molecule has 0 N–H and O–H groups in total. The minimum absolute atomic E-state index is 0.194. The fourth-order valence-electron chi connectivity index (χ4n) is 2.95. The lowest BCUT2D eigenvalue weighted by Crippen LogP contribution is -2.37. The number of rotatable bonds is 2. The van der Waals surface area contributed by atoms with Gasteiger partial charge in [-0.15, -0.1) is 0 Å². The maximum absolute atomic E-state index is 12.8. The van der Waals surface area contributed by atoms with Gasteiger partial charge in [0, 0.05) is 38.1 Å². The van der Waals surface area contributed by atoms with E-state index >= 15 is 0 Å². The van der Waals surface area contributed by atoms with Crippen LogP contribution >= 0.6 is 0 Å². The van der Waals surface area contributed by atoms with Crippen molar-refractivity contribution in [2.45, 2.75) is 19.0 Å². The SMILES string of the molecule is O=C1c2cn(C3=CCCN=C3)nc2CCN1c1ccc(C(F)(F)F)cn1. The molecule has 0 radical (unpaired) electrons. The van der Waals surface area contributed by atoms with Crippen LogP contribution in [0.4, 0.5) is 19.0 Å². The monoisotopic (exact) mass is 361 g/mol. The smallest absolute Gasteiger partial charge is 0.292 e. The quantitative estimate of drug-likeness (QED) is 0.826. The predicted molar refractivity (Wildman–Crippen MR) is 89.1 cm³/mol. The summed E-state index contributed by atoms with van der Waals surface area (Å²) < 4.78 is 39.6. The fourth-order valence-corrected chi connectivity index (χ4v) is 2.95. The van der Waals surface area contributed by atoms with Gasteiger partial charge in [0.2, 0.25) is 0 Å². The first-order chi connectivity index (χ1) is 12.4. The Balaban J connectivity index is 1.61. The zero-order valence-corrected chi connectivity index (χ0v) is 13.6. The van der Waals surface area contributed by atoms with E-state index in [0.29, 0.717) is 24.2 Å². The average molecular weight is 361 g/mol. The summed E-state index contributed by atoms with van der Waals surface area (Å²) in [5.74, 6) is -0.127. The van der Waals surface area contributed by atoms with Crippen LogP contribution in [0.3, 0.4) is 0 Å². The van der Waals surface area contributed by atoms with Gasteiger partial charge in [0.05, 0.1) is 22.5 Å². The molecule has 134 valence electrons. The highest BCUT2D eigenvalue weighted by Gasteiger charge is 2.33. The van der Waals surface area contributed by atoms with E-state index < -0.39 is 11.7 Å². The van der Waals surface area contributed by atoms with Gasteiger partial charge >= 0.3 is 6.18 Å². The Labute approximate surface area is 146 Å². The van der Waals surface area contributed by atoms with Crippen LogP contribution in [0, 0.1) is 0 Å². The number of hydrogen-bond donors (Lipinski definition) is 0. The van der Waals surface area contributed by atoms with E-state index in [2.05, 4.69) is 15.1 Å². The van der Waals surface area contributed by atoms with Crippen molar-refractivity contribution in [1.29, 1.82) is 0 Å². The van der Waals surface area contributed by atoms with E-state index in [0.717, 1.165) is 30.9 Å². The number of pyridine rings is 1. The molecule has 26 heavy (non-hydrogen) atoms. The minimum Gasteiger partial charge on any atom is -0.292 e. The van der Waals surface area contributed by atoms with Crippen molar-refractivity contribution in [2.75, 3.05) is 18.0 Å². The predicted octanol–water partition coefficient (Wildman–Crippen LogP) is 2.82. The van der Waals surface area contributed by atoms with Crippen LogP contribution in [-0.4, -0.2) is 40.0 Å². The van der Waals surface area contributed by atoms with Gasteiger partial charge in [-0.3, -0.25) is 14.7 Å². The third kappa shape index (κ3) is 2.89. The van der Waals surface area contributed by atoms with Crippen molar-refractivity contribution in [3.8, 4) is 0 Å². The standard InChI is InChI=1S/C17H14F3N5O/c18-17(19,20)11-3-4-15(22-8-11)24-7-5-14-13(16(24)26)10-25(23-14)12-2-1-6-21-9-12/h2-4,8-10H,1,5-7H2. The zero-order valence-electron chi connectivity index (χ0n) is 13.6. The van der Waals surface area contributed by atoms with Crippen LogP contribution < -0.4 is 4.90 Å². The van der Waals surface area contributed by atoms with E-state index in [1.807, 2.05) is 6.08 Å². The first kappa shape index (κ1) is 16.5. The largest absolute Gasteiger partial charge is 0.417 e. The van der Waals surface area contributed by atoms with E-state index in [1.165, 1.54) is 11.0 Å². The summed E-state index contributed by atoms with van der Waals surface area (Å²) in [6, 6.07) is 2.14. The van der Waals surface area contributed by atoms with Crippen LogP contribution in [0.5, 0.6) is 0 Å². The highest BCUT2D eigenvalue weighted by molar-refractivity contribution is 6.08. The summed E-state index contributed by atoms with van der Waals surface area (Å²) in [6.07, 6.45) is 2.93. The second-order valence-electron chi connectivity index (χ2n) is 6.00. The van der Waals surface area contributed by atoms with E-state index in [1.54, 1.807) is 17.1 Å². The second-order valence-corrected chi connectivity index (χ2v) is 6.00. The first-order valence-electron chi connectivity index (χ1n) is 8.07. The molecule has 2 aliphatic rings. The number of aromatic nitrogens is 3. The number of aliphatic imine (C=N–C) groups is 1. The Kier molecular flexibility index (Phi) is 3.86. The molecule has 0 saturated heterocycles. The van der Waals surface area contributed by atoms with Crippen molar-refractivity contribution in [3.63, 3.8) is 0 Å². The van der Waals surface area contributed by atoms with Gasteiger partial charge in [0.25, 0.3) is 5.91 Å². The molecule has 0 aromatic carbocycles. The molecule has 0 fully saturated rings. The Bertz CT molecular complexity index is 911. The van der Waals surface area contributed by atoms with Gasteiger partial charge in [-0.1, -0.05) is 6.08 Å². The van der Waals surface area contributed by atoms with E-state index in [4.69, 9.17) is 0 Å². The molecule has 0 unspecified atom stereocenters. The Hall–Kier alpha value is -2.97. The van der Waals surface area contributed by atoms with Crippen LogP contribution in [-0.2, 0) is 12.6 Å². The molecule has 6 nitrogen and oxygen atoms in total. The molecule has 0 spiro atoms. The number of anilines is 1. The highest BCUT2D eigenvalue weighted by atomic mass is 19.4. The summed E-state index contributed by atoms with van der Waals surface area (Å²) in [6.45, 7) is 1.05. The van der Waals surface area contributed by atoms with Crippen LogP contribution in [0.15, 0.2) is 35.6 Å². The molecule has 2 aromatic heterocycles. The summed E-state index contributed by atoms with van der Waals surface area (Å²) >= 11 is 0. The maximum atomic E-state index is 12.8. The zero-order chi connectivity index (χ0) is 18.3. The number of carbonyl (C=O) groups excluding carboxylic acids is 1. The molecular weight excluding hydrogens is 347 g/mol. The molecule has 2 aliphatic heterocycles. The lowest BCUT2D eigenvalue weighted by atomic mass is 10.1. The lowest BCUT2D eigenvalue weighted by Gasteiger charge is -2.25. The normalized spacial score (nSPS) is 17.3. The number of halogens is 3. The van der Waals surface area contributed by atoms with Gasteiger partial charge in [0.1, 0.15) is 5.82 Å². The lowest BCUT2D eigenvalue weighted by molar-refractivity contribution is -0.137. The van der Waals surface area contributed by atoms with Crippen molar-refractivity contribution < 1.29 is 18.0 Å². The third-order valence-electron chi connectivity index (χ3n) is 4.29. The van der Waals surface area contributed by atoms with Gasteiger partial charge in [-0.05, 0) is 18.6 Å². The summed E-state index contributed by atoms with van der Waals surface area (Å²) in [7, 11) is 0. The third-order valence-corrected chi connectivity index (χ3v) is 4.29. The Morgan fingerprint density at radius 3 is 2.69 bits per heavy atom. The molecule has 1 amide bonds. The van der Waals surface area contributed by atoms with Crippen LogP contribution in [0.1, 0.15) is 28.0 Å². The first-order valence-corrected chi connectivity index (χ1v) is 8.07. The molecule has 4 rings (SSSR count). The number of alkyl halides is 3. The van der Waals surface area contributed by atoms with Gasteiger partial charge < -0.3 is 0 Å². The number of dihydropyridines is 1. The van der Waals surface area contributed by atoms with Crippen LogP contribution in [0.2, 0.25) is 0 Å². The molecule has 0 atom stereocenters. The summed E-state index contributed by atoms with van der Waals surface area (Å²) in [4.78, 5) is 22.1. The van der Waals surface area contributed by atoms with Gasteiger partial charge in [0.15, 0.2) is 0 Å². The van der Waals surface area contributed by atoms with Crippen molar-refractivity contribution in [1.82, 2.24) is 14.8 Å². The molecule has 4 heterocycles. The maximum Gasteiger partial charge on any atom is 0.417 e. The molecule has 0 saturated carbocycles. The number of nitrogens with zero attached hydrogens (tertiary/aromatic N) is 5. The van der Waals surface area contributed by atoms with E-state index in [-0.39, 0.29) is 11.7 Å². The minimum atomic E-state index is -4.46. The Morgan fingerprint density at radius 2 is 2.04 bits per heavy atom. The summed E-state index contributed by atoms with van der Waals surface area (Å²) in [5.41, 5.74) is 1.05. The molecule has 0 aliphatic carbocycles. The molecular formula is C17H14F3N5O.